The molecule has 2 unspecified atom stereocenters. The lowest BCUT2D eigenvalue weighted by Gasteiger charge is -2.22. The van der Waals surface area contributed by atoms with Gasteiger partial charge in [-0.1, -0.05) is 133 Å². The summed E-state index contributed by atoms with van der Waals surface area (Å²) in [6, 6.07) is 41.4. The van der Waals surface area contributed by atoms with Crippen molar-refractivity contribution in [2.24, 2.45) is 0 Å². The molecule has 0 N–H and O–H groups in total. The summed E-state index contributed by atoms with van der Waals surface area (Å²) in [7, 11) is 0. The van der Waals surface area contributed by atoms with Gasteiger partial charge in [0.25, 0.3) is 0 Å². The number of ether oxygens (including phenoxy) is 2. The number of ketones is 2. The molecule has 6 rings (SSSR count). The second kappa shape index (κ2) is 14.7. The monoisotopic (exact) mass is 624 g/mol. The summed E-state index contributed by atoms with van der Waals surface area (Å²) in [5, 5.41) is 0.425. The maximum Gasteiger partial charge on any atom is 0.207 e. The van der Waals surface area contributed by atoms with E-state index in [1.54, 1.807) is 24.3 Å². The number of benzene rings is 5. The minimum Gasteiger partial charge on any atom is -0.478 e. The fourth-order valence-electron chi connectivity index (χ4n) is 5.50. The molecule has 0 aliphatic heterocycles. The average molecular weight is 625 g/mol. The highest BCUT2D eigenvalue weighted by molar-refractivity contribution is 6.32. The number of para-hydroxylation sites is 1. The second-order valence-electron chi connectivity index (χ2n) is 11.1. The Morgan fingerprint density at radius 2 is 1.37 bits per heavy atom. The van der Waals surface area contributed by atoms with Crippen LogP contribution in [-0.2, 0) is 11.2 Å². The van der Waals surface area contributed by atoms with Crippen LogP contribution in [0.5, 0.6) is 11.5 Å². The molecule has 0 aromatic heterocycles. The minimum absolute atomic E-state index is 0.00427. The molecule has 2 atom stereocenters. The molecule has 1 aliphatic carbocycles. The lowest BCUT2D eigenvalue weighted by atomic mass is 9.95. The molecule has 0 spiro atoms. The third kappa shape index (κ3) is 7.53. The first-order chi connectivity index (χ1) is 22.5. The van der Waals surface area contributed by atoms with E-state index in [0.717, 1.165) is 35.1 Å². The summed E-state index contributed by atoms with van der Waals surface area (Å²) in [5.74, 6) is 0.827. The molecule has 228 valence electrons. The molecule has 5 aromatic rings. The van der Waals surface area contributed by atoms with Crippen LogP contribution in [0.3, 0.4) is 0 Å². The molecule has 0 bridgehead atoms. The lowest BCUT2D eigenvalue weighted by molar-refractivity contribution is -0.123. The molecule has 4 nitrogen and oxygen atoms in total. The summed E-state index contributed by atoms with van der Waals surface area (Å²) < 4.78 is 12.8. The van der Waals surface area contributed by atoms with Crippen LogP contribution in [0, 0.1) is 0 Å². The van der Waals surface area contributed by atoms with E-state index in [2.05, 4.69) is 12.2 Å². The predicted molar refractivity (Wildman–Crippen MR) is 183 cm³/mol. The Balaban J connectivity index is 1.30. The molecule has 46 heavy (non-hydrogen) atoms. The standard InChI is InChI=1S/C41H33ClO4/c42-36-24-10-11-25-38(36)46-41(39(44)30-16-6-2-7-17-30)34-22-12-20-32(27-34)33-21-13-23-35(28-33)45-40(31-18-8-3-9-19-31)37(43)26-29-14-4-1-5-15-29/h1-2,4-8,10-25,27-28,40-41H,3,9,26H2. The summed E-state index contributed by atoms with van der Waals surface area (Å²) in [6.45, 7) is 0. The maximum absolute atomic E-state index is 13.8. The number of carbonyl (C=O) groups excluding carboxylic acids is 2. The molecule has 0 amide bonds. The SMILES string of the molecule is O=C(Cc1ccccc1)C(Oc1cccc(-c2cccc(C(Oc3ccccc3Cl)C(=O)c3ccccc3)c2)c1)C1=CCCC=C1. The van der Waals surface area contributed by atoms with Gasteiger partial charge in [0.05, 0.1) is 5.02 Å². The molecule has 0 radical (unpaired) electrons. The maximum atomic E-state index is 13.8. The highest BCUT2D eigenvalue weighted by Gasteiger charge is 2.27. The Bertz CT molecular complexity index is 1880. The Labute approximate surface area is 274 Å². The van der Waals surface area contributed by atoms with Gasteiger partial charge in [-0.2, -0.15) is 0 Å². The quantitative estimate of drug-likeness (QED) is 0.130. The first-order valence-electron chi connectivity index (χ1n) is 15.4. The van der Waals surface area contributed by atoms with Crippen molar-refractivity contribution in [1.29, 1.82) is 0 Å². The van der Waals surface area contributed by atoms with Crippen LogP contribution in [0.4, 0.5) is 0 Å². The van der Waals surface area contributed by atoms with Gasteiger partial charge in [-0.25, -0.2) is 0 Å². The van der Waals surface area contributed by atoms with Crippen LogP contribution in [0.15, 0.2) is 157 Å². The highest BCUT2D eigenvalue weighted by atomic mass is 35.5. The van der Waals surface area contributed by atoms with E-state index in [4.69, 9.17) is 21.1 Å². The molecule has 1 aliphatic rings. The van der Waals surface area contributed by atoms with Crippen molar-refractivity contribution in [3.05, 3.63) is 179 Å². The van der Waals surface area contributed by atoms with E-state index < -0.39 is 12.2 Å². The Morgan fingerprint density at radius 1 is 0.674 bits per heavy atom. The van der Waals surface area contributed by atoms with E-state index in [9.17, 15) is 9.59 Å². The van der Waals surface area contributed by atoms with Gasteiger partial charge in [0.2, 0.25) is 5.78 Å². The fraction of sp³-hybridized carbons (Fsp3) is 0.122. The smallest absolute Gasteiger partial charge is 0.207 e. The van der Waals surface area contributed by atoms with Gasteiger partial charge in [-0.15, -0.1) is 0 Å². The van der Waals surface area contributed by atoms with Crippen LogP contribution in [0.1, 0.15) is 40.4 Å². The first kappa shape index (κ1) is 30.8. The Hall–Kier alpha value is -5.19. The zero-order valence-electron chi connectivity index (χ0n) is 25.2. The minimum atomic E-state index is -0.924. The summed E-state index contributed by atoms with van der Waals surface area (Å²) in [5.41, 5.74) is 4.80. The number of rotatable bonds is 12. The van der Waals surface area contributed by atoms with Crippen LogP contribution < -0.4 is 9.47 Å². The van der Waals surface area contributed by atoms with Crippen molar-refractivity contribution >= 4 is 23.2 Å². The van der Waals surface area contributed by atoms with E-state index >= 15 is 0 Å². The number of carbonyl (C=O) groups is 2. The van der Waals surface area contributed by atoms with Gasteiger partial charge < -0.3 is 9.47 Å². The number of halogens is 1. The van der Waals surface area contributed by atoms with Crippen molar-refractivity contribution in [3.8, 4) is 22.6 Å². The van der Waals surface area contributed by atoms with Crippen LogP contribution in [0.25, 0.3) is 11.1 Å². The van der Waals surface area contributed by atoms with E-state index in [1.807, 2.05) is 115 Å². The van der Waals surface area contributed by atoms with Gasteiger partial charge in [0, 0.05) is 17.5 Å². The molecule has 0 heterocycles. The predicted octanol–water partition coefficient (Wildman–Crippen LogP) is 9.85. The number of Topliss-reactive ketones (excluding diaryl/α,β-unsaturated/α-hetero) is 2. The molecule has 0 saturated heterocycles. The van der Waals surface area contributed by atoms with Crippen molar-refractivity contribution in [1.82, 2.24) is 0 Å². The van der Waals surface area contributed by atoms with Gasteiger partial charge in [-0.05, 0) is 65.4 Å². The summed E-state index contributed by atoms with van der Waals surface area (Å²) in [4.78, 5) is 27.4. The van der Waals surface area contributed by atoms with Gasteiger partial charge >= 0.3 is 0 Å². The largest absolute Gasteiger partial charge is 0.478 e. The molecule has 5 heteroatoms. The van der Waals surface area contributed by atoms with Gasteiger partial charge in [0.1, 0.15) is 11.5 Å². The van der Waals surface area contributed by atoms with Crippen LogP contribution in [-0.4, -0.2) is 17.7 Å². The van der Waals surface area contributed by atoms with Gasteiger partial charge in [0.15, 0.2) is 18.0 Å². The molecule has 0 fully saturated rings. The molecular weight excluding hydrogens is 592 g/mol. The van der Waals surface area contributed by atoms with Gasteiger partial charge in [-0.3, -0.25) is 9.59 Å². The first-order valence-corrected chi connectivity index (χ1v) is 15.7. The molecular formula is C41H33ClO4. The summed E-state index contributed by atoms with van der Waals surface area (Å²) in [6.07, 6.45) is 6.61. The highest BCUT2D eigenvalue weighted by Crippen LogP contribution is 2.34. The van der Waals surface area contributed by atoms with Crippen molar-refractivity contribution in [2.75, 3.05) is 0 Å². The normalized spacial score (nSPS) is 13.7. The third-order valence-electron chi connectivity index (χ3n) is 7.83. The third-order valence-corrected chi connectivity index (χ3v) is 8.14. The zero-order valence-corrected chi connectivity index (χ0v) is 26.0. The van der Waals surface area contributed by atoms with Crippen molar-refractivity contribution in [2.45, 2.75) is 31.5 Å². The number of hydrogen-bond acceptors (Lipinski definition) is 4. The topological polar surface area (TPSA) is 52.6 Å². The lowest BCUT2D eigenvalue weighted by Crippen LogP contribution is -2.31. The number of hydrogen-bond donors (Lipinski definition) is 0. The van der Waals surface area contributed by atoms with Crippen molar-refractivity contribution in [3.63, 3.8) is 0 Å². The zero-order chi connectivity index (χ0) is 31.7. The van der Waals surface area contributed by atoms with Crippen LogP contribution in [0.2, 0.25) is 5.02 Å². The van der Waals surface area contributed by atoms with Crippen LogP contribution >= 0.6 is 11.6 Å². The van der Waals surface area contributed by atoms with E-state index in [-0.39, 0.29) is 18.0 Å². The van der Waals surface area contributed by atoms with Crippen molar-refractivity contribution < 1.29 is 19.1 Å². The Morgan fingerprint density at radius 3 is 2.11 bits per heavy atom. The summed E-state index contributed by atoms with van der Waals surface area (Å²) >= 11 is 6.43. The average Bonchev–Trinajstić information content (AvgIpc) is 3.11. The molecule has 5 aromatic carbocycles. The Kier molecular flexibility index (Phi) is 9.87. The second-order valence-corrected chi connectivity index (χ2v) is 11.5. The fourth-order valence-corrected chi connectivity index (χ4v) is 5.68. The molecule has 0 saturated carbocycles. The van der Waals surface area contributed by atoms with E-state index in [0.29, 0.717) is 27.6 Å². The van der Waals surface area contributed by atoms with E-state index in [1.165, 1.54) is 0 Å². The number of allylic oxidation sites excluding steroid dienone is 2.